The van der Waals surface area contributed by atoms with Crippen molar-refractivity contribution in [1.29, 1.82) is 0 Å². The van der Waals surface area contributed by atoms with Crippen molar-refractivity contribution in [2.24, 2.45) is 10.9 Å². The van der Waals surface area contributed by atoms with Gasteiger partial charge in [-0.3, -0.25) is 24.4 Å². The number of carbonyl (C=O) groups is 3. The summed E-state index contributed by atoms with van der Waals surface area (Å²) in [6.45, 7) is 0. The molecule has 7 heteroatoms. The number of amides is 4. The predicted molar refractivity (Wildman–Crippen MR) is 103 cm³/mol. The molecule has 0 aliphatic carbocycles. The molecule has 1 aliphatic rings. The Balaban J connectivity index is 1.96. The Labute approximate surface area is 162 Å². The van der Waals surface area contributed by atoms with E-state index >= 15 is 0 Å². The van der Waals surface area contributed by atoms with Gasteiger partial charge in [-0.15, -0.1) is 0 Å². The zero-order chi connectivity index (χ0) is 19.6. The molecule has 1 saturated heterocycles. The Morgan fingerprint density at radius 2 is 1.41 bits per heavy atom. The first-order valence-electron chi connectivity index (χ1n) is 8.33. The monoisotopic (exact) mass is 383 g/mol. The van der Waals surface area contributed by atoms with E-state index in [1.807, 2.05) is 42.5 Å². The smallest absolute Gasteiger partial charge is 0.283 e. The second-order valence-electron chi connectivity index (χ2n) is 6.22. The van der Waals surface area contributed by atoms with Crippen LogP contribution in [-0.2, 0) is 9.59 Å². The Bertz CT molecular complexity index is 872. The van der Waals surface area contributed by atoms with Gasteiger partial charge in [-0.2, -0.15) is 0 Å². The molecule has 0 spiro atoms. The van der Waals surface area contributed by atoms with Gasteiger partial charge in [-0.05, 0) is 23.3 Å². The van der Waals surface area contributed by atoms with Gasteiger partial charge in [-0.1, -0.05) is 54.1 Å². The highest BCUT2D eigenvalue weighted by atomic mass is 35.5. The van der Waals surface area contributed by atoms with Crippen molar-refractivity contribution in [3.05, 3.63) is 70.7 Å². The number of aliphatic imine (C=N–C) groups is 1. The summed E-state index contributed by atoms with van der Waals surface area (Å²) in [5, 5.41) is 0.605. The van der Waals surface area contributed by atoms with E-state index in [2.05, 4.69) is 4.99 Å². The summed E-state index contributed by atoms with van der Waals surface area (Å²) in [6.07, 6.45) is 1.33. The van der Waals surface area contributed by atoms with E-state index in [9.17, 15) is 14.4 Å². The minimum atomic E-state index is -1.13. The fourth-order valence-corrected chi connectivity index (χ4v) is 3.01. The molecule has 1 atom stereocenters. The van der Waals surface area contributed by atoms with Gasteiger partial charge in [0.25, 0.3) is 0 Å². The molecule has 2 aromatic rings. The molecule has 1 heterocycles. The number of imide groups is 2. The van der Waals surface area contributed by atoms with E-state index in [0.717, 1.165) is 20.9 Å². The maximum Gasteiger partial charge on any atom is 0.332 e. The quantitative estimate of drug-likeness (QED) is 0.601. The molecule has 6 nitrogen and oxygen atoms in total. The summed E-state index contributed by atoms with van der Waals surface area (Å²) >= 11 is 5.97. The lowest BCUT2D eigenvalue weighted by molar-refractivity contribution is -0.144. The second kappa shape index (κ2) is 7.72. The number of hydrogen-bond donors (Lipinski definition) is 0. The SMILES string of the molecule is CN1C(=O)C(C=N[C@@H](c2ccccc2)c2ccc(Cl)cc2)C(=O)N(C)C1=O. The van der Waals surface area contributed by atoms with E-state index in [-0.39, 0.29) is 0 Å². The average Bonchev–Trinajstić information content (AvgIpc) is 2.69. The second-order valence-corrected chi connectivity index (χ2v) is 6.65. The molecular weight excluding hydrogens is 366 g/mol. The van der Waals surface area contributed by atoms with Crippen LogP contribution in [0.5, 0.6) is 0 Å². The van der Waals surface area contributed by atoms with Crippen LogP contribution in [0, 0.1) is 5.92 Å². The number of barbiturate groups is 1. The topological polar surface area (TPSA) is 70.1 Å². The summed E-state index contributed by atoms with van der Waals surface area (Å²) in [5.41, 5.74) is 1.78. The number of hydrogen-bond acceptors (Lipinski definition) is 4. The first kappa shape index (κ1) is 18.8. The van der Waals surface area contributed by atoms with Crippen LogP contribution in [0.15, 0.2) is 59.6 Å². The third-order valence-corrected chi connectivity index (χ3v) is 4.70. The van der Waals surface area contributed by atoms with Crippen LogP contribution >= 0.6 is 11.6 Å². The van der Waals surface area contributed by atoms with Gasteiger partial charge in [0.1, 0.15) is 0 Å². The van der Waals surface area contributed by atoms with Crippen LogP contribution in [0.1, 0.15) is 17.2 Å². The van der Waals surface area contributed by atoms with Gasteiger partial charge in [0, 0.05) is 25.3 Å². The summed E-state index contributed by atoms with van der Waals surface area (Å²) in [7, 11) is 2.70. The molecule has 138 valence electrons. The molecule has 3 rings (SSSR count). The maximum atomic E-state index is 12.4. The number of rotatable bonds is 4. The lowest BCUT2D eigenvalue weighted by atomic mass is 9.98. The highest BCUT2D eigenvalue weighted by Gasteiger charge is 2.41. The first-order valence-corrected chi connectivity index (χ1v) is 8.70. The third kappa shape index (κ3) is 3.75. The van der Waals surface area contributed by atoms with Crippen LogP contribution in [0.25, 0.3) is 0 Å². The van der Waals surface area contributed by atoms with Gasteiger partial charge in [0.2, 0.25) is 11.8 Å². The van der Waals surface area contributed by atoms with E-state index in [0.29, 0.717) is 5.02 Å². The van der Waals surface area contributed by atoms with E-state index in [1.54, 1.807) is 12.1 Å². The molecule has 27 heavy (non-hydrogen) atoms. The number of carbonyl (C=O) groups excluding carboxylic acids is 3. The minimum Gasteiger partial charge on any atom is -0.283 e. The van der Waals surface area contributed by atoms with Gasteiger partial charge >= 0.3 is 6.03 Å². The standard InChI is InChI=1S/C20H18ClN3O3/c1-23-18(25)16(19(26)24(2)20(23)27)12-22-17(13-6-4-3-5-7-13)14-8-10-15(21)11-9-14/h3-12,16-17H,1-2H3/t17-/m0/s1. The fraction of sp³-hybridized carbons (Fsp3) is 0.200. The van der Waals surface area contributed by atoms with Crippen molar-refractivity contribution in [2.45, 2.75) is 6.04 Å². The molecule has 0 N–H and O–H groups in total. The third-order valence-electron chi connectivity index (χ3n) is 4.45. The summed E-state index contributed by atoms with van der Waals surface area (Å²) in [6, 6.07) is 15.7. The Kier molecular flexibility index (Phi) is 5.37. The molecule has 0 saturated carbocycles. The van der Waals surface area contributed by atoms with Crippen LogP contribution in [0.3, 0.4) is 0 Å². The normalized spacial score (nSPS) is 17.1. The van der Waals surface area contributed by atoms with E-state index < -0.39 is 29.8 Å². The van der Waals surface area contributed by atoms with Crippen molar-refractivity contribution in [3.8, 4) is 0 Å². The Morgan fingerprint density at radius 3 is 1.96 bits per heavy atom. The molecule has 1 fully saturated rings. The first-order chi connectivity index (χ1) is 12.9. The van der Waals surface area contributed by atoms with Gasteiger partial charge in [0.15, 0.2) is 5.92 Å². The zero-order valence-electron chi connectivity index (χ0n) is 14.9. The lowest BCUT2D eigenvalue weighted by Crippen LogP contribution is -2.57. The van der Waals surface area contributed by atoms with Crippen molar-refractivity contribution < 1.29 is 14.4 Å². The molecule has 1 aliphatic heterocycles. The number of urea groups is 1. The minimum absolute atomic E-state index is 0.405. The summed E-state index contributed by atoms with van der Waals surface area (Å²) in [5.74, 6) is -2.30. The lowest BCUT2D eigenvalue weighted by Gasteiger charge is -2.31. The van der Waals surface area contributed by atoms with Gasteiger partial charge < -0.3 is 0 Å². The Morgan fingerprint density at radius 1 is 0.889 bits per heavy atom. The maximum absolute atomic E-state index is 12.4. The van der Waals surface area contributed by atoms with Gasteiger partial charge in [-0.25, -0.2) is 4.79 Å². The zero-order valence-corrected chi connectivity index (χ0v) is 15.6. The molecule has 4 amide bonds. The summed E-state index contributed by atoms with van der Waals surface area (Å²) in [4.78, 5) is 43.0. The largest absolute Gasteiger partial charge is 0.332 e. The Hall–Kier alpha value is -2.99. The van der Waals surface area contributed by atoms with Crippen LogP contribution in [0.2, 0.25) is 5.02 Å². The highest BCUT2D eigenvalue weighted by molar-refractivity contribution is 6.30. The average molecular weight is 384 g/mol. The van der Waals surface area contributed by atoms with Crippen LogP contribution < -0.4 is 0 Å². The van der Waals surface area contributed by atoms with Crippen molar-refractivity contribution >= 4 is 35.7 Å². The highest BCUT2D eigenvalue weighted by Crippen LogP contribution is 2.27. The molecular formula is C20H18ClN3O3. The van der Waals surface area contributed by atoms with Crippen molar-refractivity contribution in [1.82, 2.24) is 9.80 Å². The fourth-order valence-electron chi connectivity index (χ4n) is 2.88. The molecule has 0 aromatic heterocycles. The number of halogens is 1. The summed E-state index contributed by atoms with van der Waals surface area (Å²) < 4.78 is 0. The molecule has 0 radical (unpaired) electrons. The van der Waals surface area contributed by atoms with Crippen LogP contribution in [-0.4, -0.2) is 48.0 Å². The van der Waals surface area contributed by atoms with Crippen molar-refractivity contribution in [3.63, 3.8) is 0 Å². The predicted octanol–water partition coefficient (Wildman–Crippen LogP) is 3.17. The molecule has 0 bridgehead atoms. The number of nitrogens with zero attached hydrogens (tertiary/aromatic N) is 3. The van der Waals surface area contributed by atoms with Gasteiger partial charge in [0.05, 0.1) is 6.04 Å². The number of benzene rings is 2. The molecule has 2 aromatic carbocycles. The van der Waals surface area contributed by atoms with E-state index in [1.165, 1.54) is 20.3 Å². The van der Waals surface area contributed by atoms with E-state index in [4.69, 9.17) is 11.6 Å². The van der Waals surface area contributed by atoms with Crippen molar-refractivity contribution in [2.75, 3.05) is 14.1 Å². The van der Waals surface area contributed by atoms with Crippen LogP contribution in [0.4, 0.5) is 4.79 Å². The molecule has 0 unspecified atom stereocenters.